The summed E-state index contributed by atoms with van der Waals surface area (Å²) >= 11 is 0. The molecular formula is C11H10N2O. The second-order valence-electron chi connectivity index (χ2n) is 2.76. The number of nitrogens with one attached hydrogen (secondary N) is 1. The number of carbonyl (C=O) groups is 1. The first-order chi connectivity index (χ1) is 6.72. The van der Waals surface area contributed by atoms with Crippen LogP contribution in [-0.4, -0.2) is 5.91 Å². The molecule has 0 radical (unpaired) electrons. The number of hydrogen-bond acceptors (Lipinski definition) is 2. The molecule has 0 fully saturated rings. The Hall–Kier alpha value is -2.08. The van der Waals surface area contributed by atoms with E-state index in [1.54, 1.807) is 6.08 Å². The first-order valence-corrected chi connectivity index (χ1v) is 4.17. The third kappa shape index (κ3) is 3.11. The van der Waals surface area contributed by atoms with Crippen LogP contribution >= 0.6 is 0 Å². The van der Waals surface area contributed by atoms with Gasteiger partial charge in [0.15, 0.2) is 0 Å². The maximum Gasteiger partial charge on any atom is 0.221 e. The van der Waals surface area contributed by atoms with Crippen molar-refractivity contribution in [3.63, 3.8) is 0 Å². The highest BCUT2D eigenvalue weighted by atomic mass is 16.1. The highest BCUT2D eigenvalue weighted by molar-refractivity contribution is 5.77. The molecule has 0 heterocycles. The van der Waals surface area contributed by atoms with Gasteiger partial charge in [0, 0.05) is 6.92 Å². The van der Waals surface area contributed by atoms with Gasteiger partial charge in [-0.3, -0.25) is 4.79 Å². The van der Waals surface area contributed by atoms with Crippen molar-refractivity contribution in [1.29, 1.82) is 5.26 Å². The van der Waals surface area contributed by atoms with Gasteiger partial charge in [-0.15, -0.1) is 0 Å². The van der Waals surface area contributed by atoms with Crippen molar-refractivity contribution in [2.24, 2.45) is 0 Å². The fourth-order valence-electron chi connectivity index (χ4n) is 1.00. The number of rotatable bonds is 2. The maximum atomic E-state index is 10.7. The first-order valence-electron chi connectivity index (χ1n) is 4.17. The van der Waals surface area contributed by atoms with Crippen molar-refractivity contribution >= 4 is 12.0 Å². The van der Waals surface area contributed by atoms with Crippen LogP contribution in [0, 0.1) is 11.3 Å². The molecule has 3 nitrogen and oxygen atoms in total. The lowest BCUT2D eigenvalue weighted by Gasteiger charge is -1.98. The number of benzene rings is 1. The number of nitriles is 1. The highest BCUT2D eigenvalue weighted by Crippen LogP contribution is 2.03. The Morgan fingerprint density at radius 1 is 1.43 bits per heavy atom. The highest BCUT2D eigenvalue weighted by Gasteiger charge is 1.97. The summed E-state index contributed by atoms with van der Waals surface area (Å²) in [6, 6.07) is 11.3. The molecule has 3 heteroatoms. The maximum absolute atomic E-state index is 10.7. The molecule has 1 aromatic rings. The van der Waals surface area contributed by atoms with Crippen molar-refractivity contribution in [1.82, 2.24) is 5.32 Å². The molecule has 1 N–H and O–H groups in total. The van der Waals surface area contributed by atoms with Crippen LogP contribution in [0.2, 0.25) is 0 Å². The number of amides is 1. The fourth-order valence-corrected chi connectivity index (χ4v) is 1.00. The molecule has 0 saturated carbocycles. The van der Waals surface area contributed by atoms with Gasteiger partial charge in [-0.2, -0.15) is 5.26 Å². The monoisotopic (exact) mass is 186 g/mol. The van der Waals surface area contributed by atoms with Gasteiger partial charge in [-0.25, -0.2) is 0 Å². The number of nitrogens with zero attached hydrogens (tertiary/aromatic N) is 1. The zero-order valence-electron chi connectivity index (χ0n) is 7.82. The molecule has 0 unspecified atom stereocenters. The molecular weight excluding hydrogens is 176 g/mol. The summed E-state index contributed by atoms with van der Waals surface area (Å²) in [5, 5.41) is 11.1. The molecule has 0 saturated heterocycles. The van der Waals surface area contributed by atoms with Crippen LogP contribution in [0.4, 0.5) is 0 Å². The Balaban J connectivity index is 2.86. The molecule has 0 aliphatic carbocycles. The Labute approximate surface area is 82.7 Å². The molecule has 0 aromatic heterocycles. The largest absolute Gasteiger partial charge is 0.318 e. The average molecular weight is 186 g/mol. The third-order valence-corrected chi connectivity index (χ3v) is 1.54. The minimum Gasteiger partial charge on any atom is -0.318 e. The summed E-state index contributed by atoms with van der Waals surface area (Å²) in [6.45, 7) is 1.37. The van der Waals surface area contributed by atoms with Gasteiger partial charge in [-0.1, -0.05) is 30.3 Å². The van der Waals surface area contributed by atoms with Crippen LogP contribution in [0.3, 0.4) is 0 Å². The standard InChI is InChI=1S/C11H10N2O/c1-9(14)13-11(8-12)7-10-5-3-2-4-6-10/h2-7H,1H3,(H,13,14)/b11-7+. The predicted octanol–water partition coefficient (Wildman–Crippen LogP) is 1.69. The van der Waals surface area contributed by atoms with Gasteiger partial charge in [0.1, 0.15) is 11.8 Å². The molecule has 1 amide bonds. The zero-order chi connectivity index (χ0) is 10.4. The van der Waals surface area contributed by atoms with E-state index in [1.165, 1.54) is 6.92 Å². The van der Waals surface area contributed by atoms with E-state index >= 15 is 0 Å². The lowest BCUT2D eigenvalue weighted by Crippen LogP contribution is -2.17. The van der Waals surface area contributed by atoms with Gasteiger partial charge >= 0.3 is 0 Å². The second-order valence-corrected chi connectivity index (χ2v) is 2.76. The molecule has 0 spiro atoms. The minimum absolute atomic E-state index is 0.242. The summed E-state index contributed by atoms with van der Waals surface area (Å²) < 4.78 is 0. The number of allylic oxidation sites excluding steroid dienone is 1. The van der Waals surface area contributed by atoms with Crippen molar-refractivity contribution in [2.75, 3.05) is 0 Å². The minimum atomic E-state index is -0.242. The van der Waals surface area contributed by atoms with Gasteiger partial charge in [0.2, 0.25) is 5.91 Å². The molecule has 0 atom stereocenters. The van der Waals surface area contributed by atoms with Crippen molar-refractivity contribution in [3.05, 3.63) is 41.6 Å². The lowest BCUT2D eigenvalue weighted by atomic mass is 10.2. The van der Waals surface area contributed by atoms with Crippen LogP contribution in [0.1, 0.15) is 12.5 Å². The van der Waals surface area contributed by atoms with Gasteiger partial charge in [-0.05, 0) is 11.6 Å². The van der Waals surface area contributed by atoms with Gasteiger partial charge in [0.05, 0.1) is 0 Å². The van der Waals surface area contributed by atoms with Crippen molar-refractivity contribution in [3.8, 4) is 6.07 Å². The Morgan fingerprint density at radius 2 is 2.07 bits per heavy atom. The van der Waals surface area contributed by atoms with Crippen LogP contribution in [0.5, 0.6) is 0 Å². The summed E-state index contributed by atoms with van der Waals surface area (Å²) in [5.41, 5.74) is 1.14. The second kappa shape index (κ2) is 4.83. The summed E-state index contributed by atoms with van der Waals surface area (Å²) in [7, 11) is 0. The zero-order valence-corrected chi connectivity index (χ0v) is 7.82. The molecule has 1 rings (SSSR count). The molecule has 1 aromatic carbocycles. The number of carbonyl (C=O) groups excluding carboxylic acids is 1. The molecule has 0 aliphatic rings. The van der Waals surface area contributed by atoms with E-state index in [0.717, 1.165) is 5.56 Å². The predicted molar refractivity (Wildman–Crippen MR) is 53.8 cm³/mol. The number of hydrogen-bond donors (Lipinski definition) is 1. The summed E-state index contributed by atoms with van der Waals surface area (Å²) in [5.74, 6) is -0.242. The average Bonchev–Trinajstić information content (AvgIpc) is 2.17. The lowest BCUT2D eigenvalue weighted by molar-refractivity contribution is -0.118. The quantitative estimate of drug-likeness (QED) is 0.714. The van der Waals surface area contributed by atoms with E-state index in [1.807, 2.05) is 36.4 Å². The topological polar surface area (TPSA) is 52.9 Å². The van der Waals surface area contributed by atoms with Crippen molar-refractivity contribution in [2.45, 2.75) is 6.92 Å². The van der Waals surface area contributed by atoms with E-state index in [2.05, 4.69) is 5.32 Å². The first kappa shape index (κ1) is 10.0. The fraction of sp³-hybridized carbons (Fsp3) is 0.0909. The molecule has 14 heavy (non-hydrogen) atoms. The molecule has 0 aliphatic heterocycles. The van der Waals surface area contributed by atoms with E-state index in [9.17, 15) is 4.79 Å². The Morgan fingerprint density at radius 3 is 2.57 bits per heavy atom. The molecule has 0 bridgehead atoms. The Kier molecular flexibility index (Phi) is 3.45. The Bertz CT molecular complexity index is 387. The van der Waals surface area contributed by atoms with Crippen LogP contribution in [0.25, 0.3) is 6.08 Å². The van der Waals surface area contributed by atoms with Crippen LogP contribution in [0.15, 0.2) is 36.0 Å². The smallest absolute Gasteiger partial charge is 0.221 e. The van der Waals surface area contributed by atoms with E-state index in [-0.39, 0.29) is 11.6 Å². The third-order valence-electron chi connectivity index (χ3n) is 1.54. The van der Waals surface area contributed by atoms with Crippen molar-refractivity contribution < 1.29 is 4.79 Å². The van der Waals surface area contributed by atoms with E-state index < -0.39 is 0 Å². The normalized spacial score (nSPS) is 10.4. The molecule has 70 valence electrons. The van der Waals surface area contributed by atoms with Crippen LogP contribution in [-0.2, 0) is 4.79 Å². The van der Waals surface area contributed by atoms with Gasteiger partial charge < -0.3 is 5.32 Å². The van der Waals surface area contributed by atoms with E-state index in [4.69, 9.17) is 5.26 Å². The SMILES string of the molecule is CC(=O)N/C(C#N)=C/c1ccccc1. The summed E-state index contributed by atoms with van der Waals surface area (Å²) in [6.07, 6.45) is 1.63. The van der Waals surface area contributed by atoms with Gasteiger partial charge in [0.25, 0.3) is 0 Å². The van der Waals surface area contributed by atoms with E-state index in [0.29, 0.717) is 0 Å². The summed E-state index contributed by atoms with van der Waals surface area (Å²) in [4.78, 5) is 10.7. The van der Waals surface area contributed by atoms with Crippen LogP contribution < -0.4 is 5.32 Å².